The lowest BCUT2D eigenvalue weighted by Gasteiger charge is -2.27. The van der Waals surface area contributed by atoms with Gasteiger partial charge in [0, 0.05) is 54.7 Å². The van der Waals surface area contributed by atoms with Crippen LogP contribution in [0.15, 0.2) is 73.3 Å². The number of aromatic amines is 2. The number of fused-ring (bicyclic) bond motifs is 1. The van der Waals surface area contributed by atoms with Crippen molar-refractivity contribution >= 4 is 81.8 Å². The largest absolute Gasteiger partial charge is 0.480 e. The summed E-state index contributed by atoms with van der Waals surface area (Å²) in [5, 5.41) is 41.4. The third-order valence-corrected chi connectivity index (χ3v) is 12.8. The first kappa shape index (κ1) is 61.7. The van der Waals surface area contributed by atoms with E-state index in [1.807, 2.05) is 32.0 Å². The summed E-state index contributed by atoms with van der Waals surface area (Å²) >= 11 is 1.40. The topological polar surface area (TPSA) is 404 Å². The maximum atomic E-state index is 14.1. The van der Waals surface area contributed by atoms with Crippen LogP contribution in [0.5, 0.6) is 0 Å². The number of primary amides is 1. The van der Waals surface area contributed by atoms with E-state index in [-0.39, 0.29) is 50.9 Å². The predicted molar refractivity (Wildman–Crippen MR) is 285 cm³/mol. The van der Waals surface area contributed by atoms with Gasteiger partial charge in [-0.15, -0.1) is 0 Å². The number of carboxylic acids is 1. The van der Waals surface area contributed by atoms with E-state index in [1.165, 1.54) is 38.1 Å². The molecule has 0 spiro atoms. The van der Waals surface area contributed by atoms with Gasteiger partial charge < -0.3 is 74.2 Å². The Balaban J connectivity index is 1.45. The molecule has 0 fully saturated rings. The average molecular weight is 1090 g/mol. The van der Waals surface area contributed by atoms with Crippen LogP contribution in [0.1, 0.15) is 70.2 Å². The quantitative estimate of drug-likeness (QED) is 0.0259. The number of H-pyrrole nitrogens is 2. The van der Waals surface area contributed by atoms with Gasteiger partial charge in [-0.3, -0.25) is 43.2 Å². The molecule has 4 aromatic rings. The molecule has 25 nitrogen and oxygen atoms in total. The van der Waals surface area contributed by atoms with E-state index in [0.717, 1.165) is 10.9 Å². The van der Waals surface area contributed by atoms with Gasteiger partial charge >= 0.3 is 5.97 Å². The Hall–Kier alpha value is -7.84. The maximum Gasteiger partial charge on any atom is 0.326 e. The highest BCUT2D eigenvalue weighted by Crippen LogP contribution is 2.20. The summed E-state index contributed by atoms with van der Waals surface area (Å²) < 4.78 is 0. The summed E-state index contributed by atoms with van der Waals surface area (Å²) in [6.45, 7) is 5.36. The molecule has 26 heteroatoms. The number of carbonyl (C=O) groups is 10. The third kappa shape index (κ3) is 20.3. The molecule has 16 N–H and O–H groups in total. The summed E-state index contributed by atoms with van der Waals surface area (Å²) in [4.78, 5) is 143. The predicted octanol–water partition coefficient (Wildman–Crippen LogP) is -1.69. The smallest absolute Gasteiger partial charge is 0.326 e. The minimum absolute atomic E-state index is 0.0383. The number of nitrogens with two attached hydrogens (primary N) is 2. The summed E-state index contributed by atoms with van der Waals surface area (Å²) in [7, 11) is 0. The SMILES string of the molecule is CSCC[C@H](NC(=O)[C@H](Cc1ccccc1)NC(=O)[C@H](Cc1cnc[nH]1)NC(=O)CNC(=O)[C@@H](NC(=O)[C@H](C)NC(=O)[C@H](Cc1c[nH]c2ccccc12)NC(=O)[C@H](CC(C)C)NC(=O)[C@@H](N)CCC(N)=O)[C@@H](C)O)C(=O)O. The number of para-hydroxylation sites is 1. The van der Waals surface area contributed by atoms with E-state index >= 15 is 0 Å². The van der Waals surface area contributed by atoms with Crippen LogP contribution in [-0.4, -0.2) is 157 Å². The number of amides is 9. The van der Waals surface area contributed by atoms with Crippen LogP contribution in [0.4, 0.5) is 0 Å². The molecule has 0 saturated heterocycles. The highest BCUT2D eigenvalue weighted by Gasteiger charge is 2.34. The molecule has 0 aliphatic rings. The summed E-state index contributed by atoms with van der Waals surface area (Å²) in [5.41, 5.74) is 13.6. The standard InChI is InChI=1S/C51H71N13O12S/c1-27(2)19-37(61-45(69)34(52)15-16-41(53)66)47(71)63-39(21-31-23-55-35-14-10-9-13-33(31)35)46(70)58-28(3)44(68)64-43(29(4)65)50(74)56-25-42(67)59-40(22-32-24-54-26-57-32)49(73)62-38(20-30-11-7-6-8-12-30)48(72)60-36(51(75)76)17-18-77-5/h6-14,23-24,26-29,34,36-40,43,55,65H,15-22,25,52H2,1-5H3,(H2,53,66)(H,54,57)(H,56,74)(H,58,70)(H,59,67)(H,60,72)(H,61,69)(H,62,73)(H,63,71)(H,64,68)(H,75,76)/t28-,29+,34-,36-,37-,38-,39-,40-,43-/m0/s1. The van der Waals surface area contributed by atoms with Crippen molar-refractivity contribution in [2.24, 2.45) is 17.4 Å². The molecule has 0 radical (unpaired) electrons. The number of rotatable bonds is 32. The Morgan fingerprint density at radius 1 is 0.662 bits per heavy atom. The van der Waals surface area contributed by atoms with Crippen LogP contribution in [0.3, 0.4) is 0 Å². The molecule has 0 saturated carbocycles. The first-order chi connectivity index (χ1) is 36.6. The molecule has 0 aliphatic heterocycles. The van der Waals surface area contributed by atoms with Crippen molar-refractivity contribution in [3.63, 3.8) is 0 Å². The van der Waals surface area contributed by atoms with Gasteiger partial charge in [0.05, 0.1) is 25.0 Å². The minimum Gasteiger partial charge on any atom is -0.480 e. The molecule has 9 amide bonds. The Morgan fingerprint density at radius 2 is 1.26 bits per heavy atom. The van der Waals surface area contributed by atoms with Gasteiger partial charge in [-0.25, -0.2) is 9.78 Å². The number of aliphatic carboxylic acids is 1. The molecule has 2 aromatic heterocycles. The number of carbonyl (C=O) groups excluding carboxylic acids is 9. The summed E-state index contributed by atoms with van der Waals surface area (Å²) in [6, 6.07) is 5.23. The van der Waals surface area contributed by atoms with Gasteiger partial charge in [-0.1, -0.05) is 62.4 Å². The number of hydrogen-bond acceptors (Lipinski definition) is 14. The second-order valence-electron chi connectivity index (χ2n) is 18.9. The number of nitrogens with one attached hydrogen (secondary N) is 10. The number of hydrogen-bond donors (Lipinski definition) is 14. The van der Waals surface area contributed by atoms with Crippen molar-refractivity contribution in [1.29, 1.82) is 0 Å². The number of nitrogens with zero attached hydrogens (tertiary/aromatic N) is 1. The number of aliphatic hydroxyl groups excluding tert-OH is 1. The number of carboxylic acid groups (broad SMARTS) is 1. The molecule has 2 heterocycles. The van der Waals surface area contributed by atoms with Gasteiger partial charge in [0.1, 0.15) is 42.3 Å². The van der Waals surface area contributed by atoms with E-state index in [0.29, 0.717) is 22.6 Å². The van der Waals surface area contributed by atoms with Gasteiger partial charge in [0.15, 0.2) is 0 Å². The summed E-state index contributed by atoms with van der Waals surface area (Å²) in [5.74, 6) is -8.36. The summed E-state index contributed by atoms with van der Waals surface area (Å²) in [6.07, 6.45) is 4.40. The van der Waals surface area contributed by atoms with E-state index in [4.69, 9.17) is 11.5 Å². The second kappa shape index (κ2) is 30.6. The fourth-order valence-electron chi connectivity index (χ4n) is 7.92. The molecule has 0 bridgehead atoms. The monoisotopic (exact) mass is 1090 g/mol. The Bertz CT molecular complexity index is 2650. The maximum absolute atomic E-state index is 14.1. The first-order valence-electron chi connectivity index (χ1n) is 25.0. The first-order valence-corrected chi connectivity index (χ1v) is 26.3. The highest BCUT2D eigenvalue weighted by atomic mass is 32.2. The van der Waals surface area contributed by atoms with Gasteiger partial charge in [0.25, 0.3) is 0 Å². The van der Waals surface area contributed by atoms with Crippen LogP contribution in [0.25, 0.3) is 10.9 Å². The van der Waals surface area contributed by atoms with Crippen LogP contribution in [0.2, 0.25) is 0 Å². The average Bonchev–Trinajstić information content (AvgIpc) is 4.06. The van der Waals surface area contributed by atoms with E-state index in [2.05, 4.69) is 57.5 Å². The third-order valence-electron chi connectivity index (χ3n) is 12.1. The molecule has 418 valence electrons. The number of thioether (sulfide) groups is 1. The van der Waals surface area contributed by atoms with Crippen molar-refractivity contribution in [2.75, 3.05) is 18.6 Å². The van der Waals surface area contributed by atoms with Gasteiger partial charge in [-0.2, -0.15) is 11.8 Å². The molecular formula is C51H71N13O12S. The van der Waals surface area contributed by atoms with Gasteiger partial charge in [-0.05, 0) is 68.2 Å². The number of aromatic nitrogens is 3. The lowest BCUT2D eigenvalue weighted by Crippen LogP contribution is -2.60. The van der Waals surface area contributed by atoms with Crippen LogP contribution in [-0.2, 0) is 67.2 Å². The Morgan fingerprint density at radius 3 is 1.87 bits per heavy atom. The molecular weight excluding hydrogens is 1020 g/mol. The van der Waals surface area contributed by atoms with E-state index < -0.39 is 120 Å². The van der Waals surface area contributed by atoms with Crippen LogP contribution in [0, 0.1) is 5.92 Å². The number of benzene rings is 2. The van der Waals surface area contributed by atoms with Crippen LogP contribution < -0.4 is 54.0 Å². The Labute approximate surface area is 449 Å². The van der Waals surface area contributed by atoms with Crippen molar-refractivity contribution in [2.45, 2.75) is 127 Å². The molecule has 2 aromatic carbocycles. The fourth-order valence-corrected chi connectivity index (χ4v) is 8.39. The molecule has 9 atom stereocenters. The molecule has 0 aliphatic carbocycles. The fraction of sp³-hybridized carbons (Fsp3) is 0.471. The number of aliphatic hydroxyl groups is 1. The number of imidazole rings is 1. The molecule has 0 unspecified atom stereocenters. The Kier molecular flexibility index (Phi) is 24.6. The normalized spacial score (nSPS) is 14.7. The highest BCUT2D eigenvalue weighted by molar-refractivity contribution is 7.98. The zero-order valence-electron chi connectivity index (χ0n) is 43.6. The lowest BCUT2D eigenvalue weighted by molar-refractivity contribution is -0.142. The van der Waals surface area contributed by atoms with Gasteiger partial charge in [0.2, 0.25) is 53.2 Å². The van der Waals surface area contributed by atoms with Crippen molar-refractivity contribution in [1.82, 2.24) is 57.5 Å². The zero-order chi connectivity index (χ0) is 56.8. The van der Waals surface area contributed by atoms with E-state index in [9.17, 15) is 58.2 Å². The van der Waals surface area contributed by atoms with Crippen molar-refractivity contribution < 1.29 is 58.2 Å². The van der Waals surface area contributed by atoms with Crippen molar-refractivity contribution in [3.8, 4) is 0 Å². The van der Waals surface area contributed by atoms with E-state index in [1.54, 1.807) is 48.9 Å². The minimum atomic E-state index is -1.68. The van der Waals surface area contributed by atoms with Crippen LogP contribution >= 0.6 is 11.8 Å². The lowest BCUT2D eigenvalue weighted by atomic mass is 10.00. The van der Waals surface area contributed by atoms with Crippen molar-refractivity contribution in [3.05, 3.63) is 90.1 Å². The zero-order valence-corrected chi connectivity index (χ0v) is 44.4. The second-order valence-corrected chi connectivity index (χ2v) is 19.9. The molecule has 77 heavy (non-hydrogen) atoms. The molecule has 4 rings (SSSR count).